The summed E-state index contributed by atoms with van der Waals surface area (Å²) in [5.74, 6) is -0.380. The number of ether oxygens (including phenoxy) is 4. The third-order valence-electron chi connectivity index (χ3n) is 3.56. The number of hydrogen-bond acceptors (Lipinski definition) is 9. The van der Waals surface area contributed by atoms with Crippen molar-refractivity contribution in [3.05, 3.63) is 0 Å². The molecular weight excluding hydrogens is 400 g/mol. The lowest BCUT2D eigenvalue weighted by atomic mass is 10.1. The Morgan fingerprint density at radius 2 is 1.62 bits per heavy atom. The van der Waals surface area contributed by atoms with Crippen molar-refractivity contribution in [2.24, 2.45) is 4.99 Å². The number of alkyl carbamates (subject to hydrolysis) is 1. The summed E-state index contributed by atoms with van der Waals surface area (Å²) in [6.45, 7) is 13.8. The molecule has 0 spiro atoms. The minimum Gasteiger partial charge on any atom is -0.473 e. The Kier molecular flexibility index (Phi) is 7.98. The smallest absolute Gasteiger partial charge is 0.408 e. The van der Waals surface area contributed by atoms with Crippen molar-refractivity contribution in [1.82, 2.24) is 5.32 Å². The molecule has 166 valence electrons. The molecule has 0 radical (unpaired) electrons. The quantitative estimate of drug-likeness (QED) is 0.520. The molecule has 1 aliphatic heterocycles. The van der Waals surface area contributed by atoms with Crippen LogP contribution in [0, 0.1) is 0 Å². The van der Waals surface area contributed by atoms with E-state index < -0.39 is 46.3 Å². The molecule has 9 nitrogen and oxygen atoms in total. The van der Waals surface area contributed by atoms with E-state index in [1.165, 1.54) is 7.11 Å². The largest absolute Gasteiger partial charge is 0.473 e. The maximum atomic E-state index is 12.4. The predicted octanol–water partition coefficient (Wildman–Crippen LogP) is 3.30. The van der Waals surface area contributed by atoms with Gasteiger partial charge in [0.05, 0.1) is 7.11 Å². The molecule has 1 heterocycles. The Bertz CT molecular complexity index is 666. The summed E-state index contributed by atoms with van der Waals surface area (Å²) in [4.78, 5) is 40.8. The standard InChI is InChI=1S/C19H32N2O7S/c1-11-12(13(22)25-9)20-14(26-11)19(8,21-15(23)27-17(2,3)4)10-29-16(24)28-18(5,6)7/h11-12H,10H2,1-9H3,(H,21,23)/t11?,12?,19-/m0/s1. The van der Waals surface area contributed by atoms with Crippen LogP contribution in [-0.4, -0.2) is 65.0 Å². The van der Waals surface area contributed by atoms with Crippen molar-refractivity contribution in [2.75, 3.05) is 12.9 Å². The van der Waals surface area contributed by atoms with E-state index in [0.717, 1.165) is 11.8 Å². The van der Waals surface area contributed by atoms with Crippen molar-refractivity contribution in [3.63, 3.8) is 0 Å². The fraction of sp³-hybridized carbons (Fsp3) is 0.789. The first-order valence-electron chi connectivity index (χ1n) is 9.26. The summed E-state index contributed by atoms with van der Waals surface area (Å²) in [5, 5.41) is 2.20. The molecule has 0 fully saturated rings. The first-order chi connectivity index (χ1) is 13.1. The van der Waals surface area contributed by atoms with Crippen LogP contribution in [0.15, 0.2) is 4.99 Å². The number of nitrogens with zero attached hydrogens (tertiary/aromatic N) is 1. The lowest BCUT2D eigenvalue weighted by Crippen LogP contribution is -2.55. The van der Waals surface area contributed by atoms with Gasteiger partial charge in [-0.2, -0.15) is 0 Å². The van der Waals surface area contributed by atoms with Gasteiger partial charge in [0.2, 0.25) is 5.90 Å². The molecule has 10 heteroatoms. The van der Waals surface area contributed by atoms with Crippen molar-refractivity contribution in [2.45, 2.75) is 84.3 Å². The number of nitrogens with one attached hydrogen (secondary N) is 1. The van der Waals surface area contributed by atoms with Gasteiger partial charge < -0.3 is 24.3 Å². The zero-order chi connectivity index (χ0) is 22.6. The van der Waals surface area contributed by atoms with Gasteiger partial charge in [0.25, 0.3) is 0 Å². The number of methoxy groups -OCH3 is 1. The second-order valence-electron chi connectivity index (χ2n) is 8.94. The summed E-state index contributed by atoms with van der Waals surface area (Å²) >= 11 is 0.865. The fourth-order valence-corrected chi connectivity index (χ4v) is 3.21. The first kappa shape index (κ1) is 25.1. The Balaban J connectivity index is 3.06. The summed E-state index contributed by atoms with van der Waals surface area (Å²) < 4.78 is 21.1. The monoisotopic (exact) mass is 432 g/mol. The van der Waals surface area contributed by atoms with Gasteiger partial charge in [-0.25, -0.2) is 19.4 Å². The maximum absolute atomic E-state index is 12.4. The van der Waals surface area contributed by atoms with E-state index in [9.17, 15) is 14.4 Å². The zero-order valence-electron chi connectivity index (χ0n) is 18.6. The summed E-state index contributed by atoms with van der Waals surface area (Å²) in [7, 11) is 1.26. The van der Waals surface area contributed by atoms with Gasteiger partial charge in [-0.15, -0.1) is 0 Å². The number of carbonyl (C=O) groups is 3. The summed E-state index contributed by atoms with van der Waals surface area (Å²) in [6.07, 6.45) is -1.28. The molecule has 1 N–H and O–H groups in total. The average molecular weight is 433 g/mol. The number of esters is 1. The highest BCUT2D eigenvalue weighted by Gasteiger charge is 2.44. The van der Waals surface area contributed by atoms with E-state index in [1.54, 1.807) is 55.4 Å². The second kappa shape index (κ2) is 9.23. The highest BCUT2D eigenvalue weighted by Crippen LogP contribution is 2.26. The van der Waals surface area contributed by atoms with Crippen LogP contribution in [0.4, 0.5) is 9.59 Å². The molecule has 3 atom stereocenters. The number of carbonyl (C=O) groups excluding carboxylic acids is 3. The molecule has 2 unspecified atom stereocenters. The molecule has 0 aliphatic carbocycles. The minimum atomic E-state index is -1.22. The number of thioether (sulfide) groups is 1. The lowest BCUT2D eigenvalue weighted by molar-refractivity contribution is -0.143. The van der Waals surface area contributed by atoms with E-state index in [1.807, 2.05) is 0 Å². The molecule has 1 amide bonds. The average Bonchev–Trinajstić information content (AvgIpc) is 2.91. The molecule has 1 aliphatic rings. The fourth-order valence-electron chi connectivity index (χ4n) is 2.30. The molecule has 0 aromatic rings. The van der Waals surface area contributed by atoms with E-state index in [0.29, 0.717) is 0 Å². The summed E-state index contributed by atoms with van der Waals surface area (Å²) in [6, 6.07) is -0.860. The van der Waals surface area contributed by atoms with E-state index in [4.69, 9.17) is 18.9 Å². The van der Waals surface area contributed by atoms with Crippen LogP contribution in [0.3, 0.4) is 0 Å². The van der Waals surface area contributed by atoms with Crippen LogP contribution >= 0.6 is 11.8 Å². The molecule has 0 aromatic carbocycles. The first-order valence-corrected chi connectivity index (χ1v) is 10.2. The number of aliphatic imine (C=N–C) groups is 1. The van der Waals surface area contributed by atoms with Crippen LogP contribution in [0.2, 0.25) is 0 Å². The molecule has 0 bridgehead atoms. The predicted molar refractivity (Wildman–Crippen MR) is 110 cm³/mol. The van der Waals surface area contributed by atoms with Gasteiger partial charge in [0, 0.05) is 5.75 Å². The Morgan fingerprint density at radius 3 is 2.10 bits per heavy atom. The van der Waals surface area contributed by atoms with Gasteiger partial charge in [-0.3, -0.25) is 0 Å². The van der Waals surface area contributed by atoms with Crippen LogP contribution in [0.25, 0.3) is 0 Å². The van der Waals surface area contributed by atoms with E-state index in [2.05, 4.69) is 10.3 Å². The molecule has 0 saturated heterocycles. The van der Waals surface area contributed by atoms with Crippen molar-refractivity contribution in [3.8, 4) is 0 Å². The number of amides is 1. The minimum absolute atomic E-state index is 0.0562. The van der Waals surface area contributed by atoms with Crippen LogP contribution in [0.5, 0.6) is 0 Å². The third kappa shape index (κ3) is 8.12. The molecular formula is C19H32N2O7S. The number of rotatable bonds is 5. The zero-order valence-corrected chi connectivity index (χ0v) is 19.4. The Hall–Kier alpha value is -1.97. The van der Waals surface area contributed by atoms with Crippen LogP contribution in [0.1, 0.15) is 55.4 Å². The van der Waals surface area contributed by atoms with E-state index in [-0.39, 0.29) is 11.7 Å². The SMILES string of the molecule is COC(=O)C1N=C([C@](C)(CSC(=O)OC(C)(C)C)NC(=O)OC(C)(C)C)OC1C. The third-order valence-corrected chi connectivity index (χ3v) is 4.60. The van der Waals surface area contributed by atoms with Crippen LogP contribution < -0.4 is 5.32 Å². The summed E-state index contributed by atoms with van der Waals surface area (Å²) in [5.41, 5.74) is -2.59. The van der Waals surface area contributed by atoms with Crippen molar-refractivity contribution >= 4 is 35.0 Å². The topological polar surface area (TPSA) is 113 Å². The van der Waals surface area contributed by atoms with Crippen molar-refractivity contribution < 1.29 is 33.3 Å². The van der Waals surface area contributed by atoms with Gasteiger partial charge in [0.1, 0.15) is 22.8 Å². The highest BCUT2D eigenvalue weighted by molar-refractivity contribution is 8.13. The Labute approximate surface area is 176 Å². The van der Waals surface area contributed by atoms with Gasteiger partial charge in [-0.05, 0) is 67.2 Å². The van der Waals surface area contributed by atoms with Gasteiger partial charge >= 0.3 is 17.4 Å². The van der Waals surface area contributed by atoms with Crippen molar-refractivity contribution in [1.29, 1.82) is 0 Å². The van der Waals surface area contributed by atoms with Gasteiger partial charge in [0.15, 0.2) is 6.04 Å². The van der Waals surface area contributed by atoms with Crippen LogP contribution in [-0.2, 0) is 23.7 Å². The van der Waals surface area contributed by atoms with E-state index >= 15 is 0 Å². The second-order valence-corrected chi connectivity index (χ2v) is 9.85. The lowest BCUT2D eigenvalue weighted by Gasteiger charge is -2.31. The number of hydrogen-bond donors (Lipinski definition) is 1. The normalized spacial score (nSPS) is 21.3. The molecule has 1 rings (SSSR count). The molecule has 0 saturated carbocycles. The molecule has 29 heavy (non-hydrogen) atoms. The Morgan fingerprint density at radius 1 is 1.07 bits per heavy atom. The highest BCUT2D eigenvalue weighted by atomic mass is 32.2. The maximum Gasteiger partial charge on any atom is 0.408 e. The molecule has 0 aromatic heterocycles. The van der Waals surface area contributed by atoms with Gasteiger partial charge in [-0.1, -0.05) is 0 Å².